The molecule has 0 aromatic heterocycles. The van der Waals surface area contributed by atoms with Crippen molar-refractivity contribution >= 4 is 11.4 Å². The maximum absolute atomic E-state index is 5.82. The minimum Gasteiger partial charge on any atom is -0.399 e. The van der Waals surface area contributed by atoms with Crippen molar-refractivity contribution in [2.45, 2.75) is 32.6 Å². The third-order valence-electron chi connectivity index (χ3n) is 7.03. The first kappa shape index (κ1) is 24.4. The van der Waals surface area contributed by atoms with Gasteiger partial charge in [-0.25, -0.2) is 0 Å². The highest BCUT2D eigenvalue weighted by Gasteiger charge is 2.05. The molecule has 0 atom stereocenters. The Labute approximate surface area is 220 Å². The van der Waals surface area contributed by atoms with Gasteiger partial charge < -0.3 is 11.5 Å². The number of rotatable bonds is 8. The summed E-state index contributed by atoms with van der Waals surface area (Å²) in [5.41, 5.74) is 25.2. The third kappa shape index (κ3) is 6.68. The van der Waals surface area contributed by atoms with Crippen LogP contribution in [0.4, 0.5) is 11.4 Å². The van der Waals surface area contributed by atoms with Gasteiger partial charge in [0.2, 0.25) is 0 Å². The SMILES string of the molecule is Cc1cc(Cc2ccc(Cc3ccc(Cc4ccc(N)cc4)cc3)cc2)ccc1Cc1ccc(N)cc1. The molecule has 2 nitrogen and oxygen atoms in total. The van der Waals surface area contributed by atoms with E-state index in [0.29, 0.717) is 0 Å². The molecule has 37 heavy (non-hydrogen) atoms. The number of nitrogen functional groups attached to an aromatic ring is 2. The molecule has 0 saturated carbocycles. The number of hydrogen-bond acceptors (Lipinski definition) is 2. The van der Waals surface area contributed by atoms with Crippen molar-refractivity contribution in [1.82, 2.24) is 0 Å². The van der Waals surface area contributed by atoms with Gasteiger partial charge in [0.15, 0.2) is 0 Å². The predicted molar refractivity (Wildman–Crippen MR) is 157 cm³/mol. The van der Waals surface area contributed by atoms with Crippen LogP contribution in [0.5, 0.6) is 0 Å². The summed E-state index contributed by atoms with van der Waals surface area (Å²) in [6.07, 6.45) is 3.75. The Bertz CT molecular complexity index is 1450. The first-order chi connectivity index (χ1) is 18.0. The molecule has 5 aromatic carbocycles. The van der Waals surface area contributed by atoms with Crippen LogP contribution in [0.15, 0.2) is 115 Å². The normalized spacial score (nSPS) is 10.9. The first-order valence-corrected chi connectivity index (χ1v) is 12.9. The zero-order valence-electron chi connectivity index (χ0n) is 21.5. The Morgan fingerprint density at radius 2 is 0.676 bits per heavy atom. The molecule has 4 N–H and O–H groups in total. The number of anilines is 2. The second-order valence-corrected chi connectivity index (χ2v) is 10.1. The van der Waals surface area contributed by atoms with Gasteiger partial charge in [0.05, 0.1) is 0 Å². The lowest BCUT2D eigenvalue weighted by atomic mass is 9.95. The lowest BCUT2D eigenvalue weighted by molar-refractivity contribution is 1.11. The summed E-state index contributed by atoms with van der Waals surface area (Å²) in [6.45, 7) is 2.21. The molecule has 0 unspecified atom stereocenters. The van der Waals surface area contributed by atoms with Crippen molar-refractivity contribution in [3.63, 3.8) is 0 Å². The van der Waals surface area contributed by atoms with E-state index in [9.17, 15) is 0 Å². The van der Waals surface area contributed by atoms with Crippen LogP contribution in [0.1, 0.15) is 50.1 Å². The van der Waals surface area contributed by atoms with E-state index in [1.54, 1.807) is 0 Å². The monoisotopic (exact) mass is 482 g/mol. The maximum Gasteiger partial charge on any atom is 0.0314 e. The quantitative estimate of drug-likeness (QED) is 0.225. The molecule has 0 spiro atoms. The van der Waals surface area contributed by atoms with Crippen molar-refractivity contribution in [2.75, 3.05) is 11.5 Å². The molecular weight excluding hydrogens is 448 g/mol. The van der Waals surface area contributed by atoms with E-state index in [0.717, 1.165) is 37.1 Å². The summed E-state index contributed by atoms with van der Waals surface area (Å²) >= 11 is 0. The number of hydrogen-bond donors (Lipinski definition) is 2. The largest absolute Gasteiger partial charge is 0.399 e. The van der Waals surface area contributed by atoms with Crippen LogP contribution < -0.4 is 11.5 Å². The molecule has 0 heterocycles. The molecule has 0 aliphatic carbocycles. The molecule has 5 aromatic rings. The zero-order valence-corrected chi connectivity index (χ0v) is 21.5. The van der Waals surface area contributed by atoms with Gasteiger partial charge in [-0.3, -0.25) is 0 Å². The van der Waals surface area contributed by atoms with E-state index in [-0.39, 0.29) is 0 Å². The average molecular weight is 483 g/mol. The van der Waals surface area contributed by atoms with Crippen LogP contribution in [0, 0.1) is 6.92 Å². The van der Waals surface area contributed by atoms with E-state index in [1.165, 1.54) is 50.1 Å². The zero-order chi connectivity index (χ0) is 25.6. The highest BCUT2D eigenvalue weighted by molar-refractivity contribution is 5.43. The van der Waals surface area contributed by atoms with Gasteiger partial charge in [0.1, 0.15) is 0 Å². The molecule has 0 fully saturated rings. The molecule has 2 heteroatoms. The van der Waals surface area contributed by atoms with Crippen LogP contribution in [0.25, 0.3) is 0 Å². The Morgan fingerprint density at radius 3 is 1.05 bits per heavy atom. The third-order valence-corrected chi connectivity index (χ3v) is 7.03. The fraction of sp³-hybridized carbons (Fsp3) is 0.143. The maximum atomic E-state index is 5.82. The summed E-state index contributed by atoms with van der Waals surface area (Å²) in [7, 11) is 0. The summed E-state index contributed by atoms with van der Waals surface area (Å²) in [5.74, 6) is 0. The van der Waals surface area contributed by atoms with Crippen LogP contribution >= 0.6 is 0 Å². The van der Waals surface area contributed by atoms with Crippen molar-refractivity contribution in [2.24, 2.45) is 0 Å². The molecule has 0 bridgehead atoms. The van der Waals surface area contributed by atoms with Gasteiger partial charge in [0.25, 0.3) is 0 Å². The highest BCUT2D eigenvalue weighted by Crippen LogP contribution is 2.20. The van der Waals surface area contributed by atoms with E-state index in [2.05, 4.69) is 97.9 Å². The van der Waals surface area contributed by atoms with Gasteiger partial charge >= 0.3 is 0 Å². The fourth-order valence-corrected chi connectivity index (χ4v) is 4.81. The second kappa shape index (κ2) is 11.2. The van der Waals surface area contributed by atoms with Crippen molar-refractivity contribution in [3.05, 3.63) is 165 Å². The van der Waals surface area contributed by atoms with Crippen LogP contribution in [0.2, 0.25) is 0 Å². The summed E-state index contributed by atoms with van der Waals surface area (Å²) in [4.78, 5) is 0. The van der Waals surface area contributed by atoms with Crippen molar-refractivity contribution in [3.8, 4) is 0 Å². The molecular formula is C35H34N2. The van der Waals surface area contributed by atoms with Crippen LogP contribution in [-0.4, -0.2) is 0 Å². The molecule has 184 valence electrons. The van der Waals surface area contributed by atoms with E-state index < -0.39 is 0 Å². The topological polar surface area (TPSA) is 52.0 Å². The van der Waals surface area contributed by atoms with E-state index in [4.69, 9.17) is 11.5 Å². The Morgan fingerprint density at radius 1 is 0.378 bits per heavy atom. The Balaban J connectivity index is 1.17. The van der Waals surface area contributed by atoms with Gasteiger partial charge in [-0.1, -0.05) is 91.0 Å². The highest BCUT2D eigenvalue weighted by atomic mass is 14.5. The predicted octanol–water partition coefficient (Wildman–Crippen LogP) is 7.52. The summed E-state index contributed by atoms with van der Waals surface area (Å²) < 4.78 is 0. The van der Waals surface area contributed by atoms with Gasteiger partial charge in [-0.05, 0) is 107 Å². The average Bonchev–Trinajstić information content (AvgIpc) is 2.90. The number of aryl methyl sites for hydroxylation is 1. The lowest BCUT2D eigenvalue weighted by Crippen LogP contribution is -1.96. The van der Waals surface area contributed by atoms with Crippen LogP contribution in [0.3, 0.4) is 0 Å². The number of benzene rings is 5. The second-order valence-electron chi connectivity index (χ2n) is 10.1. The molecule has 5 rings (SSSR count). The first-order valence-electron chi connectivity index (χ1n) is 12.9. The van der Waals surface area contributed by atoms with Gasteiger partial charge in [-0.15, -0.1) is 0 Å². The minimum atomic E-state index is 0.809. The Hall–Kier alpha value is -4.30. The van der Waals surface area contributed by atoms with Gasteiger partial charge in [-0.2, -0.15) is 0 Å². The number of nitrogens with two attached hydrogens (primary N) is 2. The van der Waals surface area contributed by atoms with E-state index >= 15 is 0 Å². The van der Waals surface area contributed by atoms with Crippen molar-refractivity contribution < 1.29 is 0 Å². The molecule has 0 amide bonds. The van der Waals surface area contributed by atoms with Crippen molar-refractivity contribution in [1.29, 1.82) is 0 Å². The molecule has 0 aliphatic rings. The Kier molecular flexibility index (Phi) is 7.37. The summed E-state index contributed by atoms with van der Waals surface area (Å²) in [6, 6.07) is 41.2. The molecule has 0 radical (unpaired) electrons. The smallest absolute Gasteiger partial charge is 0.0314 e. The standard InChI is InChI=1S/C35H34N2/c1-25-20-32(10-15-33(25)24-31-13-18-35(37)19-14-31)23-29-8-6-27(7-9-29)21-26-2-4-28(5-3-26)22-30-11-16-34(36)17-12-30/h2-20H,21-24,36-37H2,1H3. The molecule has 0 aliphatic heterocycles. The molecule has 0 saturated heterocycles. The summed E-state index contributed by atoms with van der Waals surface area (Å²) in [5, 5.41) is 0. The fourth-order valence-electron chi connectivity index (χ4n) is 4.81. The van der Waals surface area contributed by atoms with Crippen LogP contribution in [-0.2, 0) is 25.7 Å². The van der Waals surface area contributed by atoms with E-state index in [1.807, 2.05) is 24.3 Å². The minimum absolute atomic E-state index is 0.809. The lowest BCUT2D eigenvalue weighted by Gasteiger charge is -2.10. The van der Waals surface area contributed by atoms with Gasteiger partial charge in [0, 0.05) is 11.4 Å².